The Labute approximate surface area is 171 Å². The number of aryl methyl sites for hydroxylation is 1. The number of rotatable bonds is 4. The van der Waals surface area contributed by atoms with Crippen molar-refractivity contribution in [2.45, 2.75) is 27.7 Å². The van der Waals surface area contributed by atoms with E-state index in [0.29, 0.717) is 18.8 Å². The Balaban J connectivity index is 1.63. The van der Waals surface area contributed by atoms with Crippen molar-refractivity contribution in [3.05, 3.63) is 59.4 Å². The minimum Gasteiger partial charge on any atom is -0.368 e. The summed E-state index contributed by atoms with van der Waals surface area (Å²) in [5.41, 5.74) is 2.96. The number of halogens is 1. The third-order valence-corrected chi connectivity index (χ3v) is 5.69. The number of carbonyl (C=O) groups is 2. The SMILES string of the molecule is Cc1cccc(N2CCN(C(=O)C(C)(C)C(=O)Nc3ccc(F)cc3)CC2)c1C. The Bertz CT molecular complexity index is 901. The highest BCUT2D eigenvalue weighted by molar-refractivity contribution is 6.09. The molecule has 3 rings (SSSR count). The average Bonchev–Trinajstić information content (AvgIpc) is 2.71. The van der Waals surface area contributed by atoms with Crippen molar-refractivity contribution in [1.29, 1.82) is 0 Å². The van der Waals surface area contributed by atoms with Crippen LogP contribution in [0.2, 0.25) is 0 Å². The minimum atomic E-state index is -1.21. The number of piperazine rings is 1. The van der Waals surface area contributed by atoms with Gasteiger partial charge in [0.05, 0.1) is 0 Å². The molecule has 1 aliphatic rings. The first-order valence-corrected chi connectivity index (χ1v) is 9.87. The number of hydrogen-bond acceptors (Lipinski definition) is 3. The van der Waals surface area contributed by atoms with E-state index in [0.717, 1.165) is 13.1 Å². The second-order valence-electron chi connectivity index (χ2n) is 8.08. The van der Waals surface area contributed by atoms with E-state index in [-0.39, 0.29) is 11.7 Å². The zero-order chi connectivity index (χ0) is 21.2. The van der Waals surface area contributed by atoms with Crippen molar-refractivity contribution in [3.63, 3.8) is 0 Å². The molecular weight excluding hydrogens is 369 g/mol. The fourth-order valence-electron chi connectivity index (χ4n) is 3.54. The predicted octanol–water partition coefficient (Wildman–Crippen LogP) is 3.76. The summed E-state index contributed by atoms with van der Waals surface area (Å²) in [4.78, 5) is 29.8. The van der Waals surface area contributed by atoms with Gasteiger partial charge in [0, 0.05) is 37.6 Å². The van der Waals surface area contributed by atoms with Gasteiger partial charge in [-0.05, 0) is 69.2 Å². The molecule has 0 aromatic heterocycles. The smallest absolute Gasteiger partial charge is 0.239 e. The first-order chi connectivity index (χ1) is 13.7. The van der Waals surface area contributed by atoms with Crippen molar-refractivity contribution in [2.75, 3.05) is 36.4 Å². The molecule has 0 unspecified atom stereocenters. The second kappa shape index (κ2) is 8.23. The molecule has 2 aromatic rings. The van der Waals surface area contributed by atoms with Crippen LogP contribution in [0.4, 0.5) is 15.8 Å². The molecule has 0 bridgehead atoms. The van der Waals surface area contributed by atoms with Crippen LogP contribution in [0.1, 0.15) is 25.0 Å². The third-order valence-electron chi connectivity index (χ3n) is 5.69. The maximum absolute atomic E-state index is 13.1. The van der Waals surface area contributed by atoms with Crippen LogP contribution in [0.15, 0.2) is 42.5 Å². The fourth-order valence-corrected chi connectivity index (χ4v) is 3.54. The maximum atomic E-state index is 13.1. The molecule has 1 aliphatic heterocycles. The maximum Gasteiger partial charge on any atom is 0.239 e. The first kappa shape index (κ1) is 20.8. The second-order valence-corrected chi connectivity index (χ2v) is 8.08. The van der Waals surface area contributed by atoms with Crippen molar-refractivity contribution in [3.8, 4) is 0 Å². The molecule has 1 N–H and O–H groups in total. The number of carbonyl (C=O) groups excluding carboxylic acids is 2. The van der Waals surface area contributed by atoms with E-state index in [1.54, 1.807) is 18.7 Å². The Morgan fingerprint density at radius 3 is 2.21 bits per heavy atom. The molecule has 1 saturated heterocycles. The Morgan fingerprint density at radius 2 is 1.59 bits per heavy atom. The molecule has 154 valence electrons. The molecule has 6 heteroatoms. The normalized spacial score (nSPS) is 14.7. The number of anilines is 2. The number of amides is 2. The van der Waals surface area contributed by atoms with Gasteiger partial charge >= 0.3 is 0 Å². The minimum absolute atomic E-state index is 0.197. The van der Waals surface area contributed by atoms with Crippen molar-refractivity contribution in [2.24, 2.45) is 5.41 Å². The highest BCUT2D eigenvalue weighted by atomic mass is 19.1. The topological polar surface area (TPSA) is 52.7 Å². The molecule has 0 aliphatic carbocycles. The van der Waals surface area contributed by atoms with Crippen LogP contribution in [0, 0.1) is 25.1 Å². The highest BCUT2D eigenvalue weighted by Crippen LogP contribution is 2.26. The van der Waals surface area contributed by atoms with Gasteiger partial charge < -0.3 is 15.1 Å². The summed E-state index contributed by atoms with van der Waals surface area (Å²) in [6.45, 7) is 10.1. The lowest BCUT2D eigenvalue weighted by Gasteiger charge is -2.39. The van der Waals surface area contributed by atoms with Crippen molar-refractivity contribution < 1.29 is 14.0 Å². The van der Waals surface area contributed by atoms with E-state index in [1.165, 1.54) is 41.1 Å². The van der Waals surface area contributed by atoms with Crippen LogP contribution in [-0.2, 0) is 9.59 Å². The summed E-state index contributed by atoms with van der Waals surface area (Å²) in [5.74, 6) is -0.969. The molecule has 2 aromatic carbocycles. The monoisotopic (exact) mass is 397 g/mol. The summed E-state index contributed by atoms with van der Waals surface area (Å²) >= 11 is 0. The lowest BCUT2D eigenvalue weighted by Crippen LogP contribution is -2.54. The number of benzene rings is 2. The van der Waals surface area contributed by atoms with Crippen LogP contribution in [-0.4, -0.2) is 42.9 Å². The van der Waals surface area contributed by atoms with E-state index in [1.807, 2.05) is 0 Å². The van der Waals surface area contributed by atoms with E-state index in [4.69, 9.17) is 0 Å². The molecule has 1 fully saturated rings. The van der Waals surface area contributed by atoms with Gasteiger partial charge in [0.2, 0.25) is 11.8 Å². The van der Waals surface area contributed by atoms with E-state index in [2.05, 4.69) is 42.3 Å². The summed E-state index contributed by atoms with van der Waals surface area (Å²) in [5, 5.41) is 2.71. The Morgan fingerprint density at radius 1 is 0.966 bits per heavy atom. The molecule has 5 nitrogen and oxygen atoms in total. The average molecular weight is 397 g/mol. The van der Waals surface area contributed by atoms with Gasteiger partial charge in [-0.15, -0.1) is 0 Å². The number of nitrogens with one attached hydrogen (secondary N) is 1. The molecule has 29 heavy (non-hydrogen) atoms. The zero-order valence-corrected chi connectivity index (χ0v) is 17.5. The van der Waals surface area contributed by atoms with Crippen LogP contribution < -0.4 is 10.2 Å². The Kier molecular flexibility index (Phi) is 5.91. The van der Waals surface area contributed by atoms with Gasteiger partial charge in [-0.2, -0.15) is 0 Å². The molecule has 1 heterocycles. The standard InChI is InChI=1S/C23H28FN3O2/c1-16-6-5-7-20(17(16)2)26-12-14-27(15-13-26)22(29)23(3,4)21(28)25-19-10-8-18(24)9-11-19/h5-11H,12-15H2,1-4H3,(H,25,28). The van der Waals surface area contributed by atoms with Crippen molar-refractivity contribution in [1.82, 2.24) is 4.90 Å². The van der Waals surface area contributed by atoms with Gasteiger partial charge in [0.1, 0.15) is 11.2 Å². The van der Waals surface area contributed by atoms with Gasteiger partial charge in [0.25, 0.3) is 0 Å². The van der Waals surface area contributed by atoms with Crippen molar-refractivity contribution >= 4 is 23.2 Å². The van der Waals surface area contributed by atoms with E-state index >= 15 is 0 Å². The summed E-state index contributed by atoms with van der Waals surface area (Å²) in [7, 11) is 0. The van der Waals surface area contributed by atoms with Gasteiger partial charge in [-0.1, -0.05) is 12.1 Å². The quantitative estimate of drug-likeness (QED) is 0.800. The number of hydrogen-bond donors (Lipinski definition) is 1. The molecule has 0 atom stereocenters. The molecule has 2 amide bonds. The molecule has 0 spiro atoms. The van der Waals surface area contributed by atoms with Crippen LogP contribution in [0.5, 0.6) is 0 Å². The highest BCUT2D eigenvalue weighted by Gasteiger charge is 2.40. The first-order valence-electron chi connectivity index (χ1n) is 9.87. The van der Waals surface area contributed by atoms with Crippen LogP contribution in [0.25, 0.3) is 0 Å². The van der Waals surface area contributed by atoms with E-state index in [9.17, 15) is 14.0 Å². The lowest BCUT2D eigenvalue weighted by molar-refractivity contribution is -0.146. The summed E-state index contributed by atoms with van der Waals surface area (Å²) in [6.07, 6.45) is 0. The zero-order valence-electron chi connectivity index (χ0n) is 17.5. The van der Waals surface area contributed by atoms with E-state index < -0.39 is 11.3 Å². The number of nitrogens with zero attached hydrogens (tertiary/aromatic N) is 2. The predicted molar refractivity (Wildman–Crippen MR) is 114 cm³/mol. The fraction of sp³-hybridized carbons (Fsp3) is 0.391. The van der Waals surface area contributed by atoms with Crippen LogP contribution in [0.3, 0.4) is 0 Å². The van der Waals surface area contributed by atoms with Gasteiger partial charge in [-0.3, -0.25) is 9.59 Å². The van der Waals surface area contributed by atoms with Crippen LogP contribution >= 0.6 is 0 Å². The largest absolute Gasteiger partial charge is 0.368 e. The van der Waals surface area contributed by atoms with Gasteiger partial charge in [0.15, 0.2) is 0 Å². The summed E-state index contributed by atoms with van der Waals surface area (Å²) < 4.78 is 13.1. The Hall–Kier alpha value is -2.89. The lowest BCUT2D eigenvalue weighted by atomic mass is 9.89. The van der Waals surface area contributed by atoms with Gasteiger partial charge in [-0.25, -0.2) is 4.39 Å². The summed E-state index contributed by atoms with van der Waals surface area (Å²) in [6, 6.07) is 11.8. The third kappa shape index (κ3) is 4.42. The molecule has 0 radical (unpaired) electrons. The molecule has 0 saturated carbocycles. The molecular formula is C23H28FN3O2.